The van der Waals surface area contributed by atoms with Crippen molar-refractivity contribution in [3.05, 3.63) is 109 Å². The summed E-state index contributed by atoms with van der Waals surface area (Å²) >= 11 is 6.02. The molecule has 2 heterocycles. The Morgan fingerprint density at radius 1 is 1.06 bits per heavy atom. The first-order chi connectivity index (χ1) is 16.8. The Labute approximate surface area is 205 Å². The number of esters is 1. The van der Waals surface area contributed by atoms with Crippen molar-refractivity contribution >= 4 is 40.1 Å². The van der Waals surface area contributed by atoms with Gasteiger partial charge in [-0.1, -0.05) is 41.9 Å². The molecule has 1 aliphatic rings. The molecule has 0 spiro atoms. The van der Waals surface area contributed by atoms with E-state index in [1.807, 2.05) is 48.5 Å². The van der Waals surface area contributed by atoms with Gasteiger partial charge in [-0.15, -0.1) is 0 Å². The van der Waals surface area contributed by atoms with Gasteiger partial charge in [0.25, 0.3) is 5.56 Å². The zero-order valence-electron chi connectivity index (χ0n) is 19.2. The van der Waals surface area contributed by atoms with Gasteiger partial charge in [-0.3, -0.25) is 13.9 Å². The lowest BCUT2D eigenvalue weighted by atomic mass is 10.0. The number of para-hydroxylation sites is 1. The molecule has 7 nitrogen and oxygen atoms in total. The molecule has 0 N–H and O–H groups in total. The van der Waals surface area contributed by atoms with Crippen LogP contribution in [0.4, 0.5) is 0 Å². The SMILES string of the molecule is Cn1c(COC(=O)c2c3c(nc4ccccc24)/C(=C/c2ccc(Cl)cc2)CC3)cc(=O)n(C)c1=O. The van der Waals surface area contributed by atoms with Gasteiger partial charge in [-0.05, 0) is 53.8 Å². The van der Waals surface area contributed by atoms with Gasteiger partial charge in [0, 0.05) is 30.6 Å². The number of fused-ring (bicyclic) bond motifs is 2. The third-order valence-corrected chi connectivity index (χ3v) is 6.59. The fourth-order valence-corrected chi connectivity index (χ4v) is 4.53. The highest BCUT2D eigenvalue weighted by Crippen LogP contribution is 2.38. The molecule has 0 unspecified atom stereocenters. The summed E-state index contributed by atoms with van der Waals surface area (Å²) in [7, 11) is 2.94. The Morgan fingerprint density at radius 3 is 2.57 bits per heavy atom. The molecule has 0 aliphatic heterocycles. The van der Waals surface area contributed by atoms with Crippen molar-refractivity contribution in [3.8, 4) is 0 Å². The molecule has 0 saturated heterocycles. The summed E-state index contributed by atoms with van der Waals surface area (Å²) in [4.78, 5) is 42.5. The van der Waals surface area contributed by atoms with E-state index in [0.717, 1.165) is 33.4 Å². The Balaban J connectivity index is 1.55. The number of benzene rings is 2. The van der Waals surface area contributed by atoms with Crippen molar-refractivity contribution in [1.82, 2.24) is 14.1 Å². The van der Waals surface area contributed by atoms with Crippen molar-refractivity contribution in [2.45, 2.75) is 19.4 Å². The highest BCUT2D eigenvalue weighted by molar-refractivity contribution is 6.30. The molecule has 2 aromatic carbocycles. The van der Waals surface area contributed by atoms with E-state index >= 15 is 0 Å². The summed E-state index contributed by atoms with van der Waals surface area (Å²) < 4.78 is 7.94. The van der Waals surface area contributed by atoms with Crippen molar-refractivity contribution in [2.75, 3.05) is 0 Å². The first-order valence-corrected chi connectivity index (χ1v) is 11.5. The average molecular weight is 488 g/mol. The molecular formula is C27H22ClN3O4. The van der Waals surface area contributed by atoms with Crippen LogP contribution in [0.15, 0.2) is 64.2 Å². The van der Waals surface area contributed by atoms with Gasteiger partial charge < -0.3 is 4.74 Å². The van der Waals surface area contributed by atoms with Crippen LogP contribution in [0.2, 0.25) is 5.02 Å². The van der Waals surface area contributed by atoms with Crippen LogP contribution in [0.1, 0.15) is 39.3 Å². The zero-order valence-corrected chi connectivity index (χ0v) is 20.0. The van der Waals surface area contributed by atoms with Crippen LogP contribution in [0.25, 0.3) is 22.6 Å². The lowest BCUT2D eigenvalue weighted by molar-refractivity contribution is 0.0464. The number of hydrogen-bond donors (Lipinski definition) is 0. The molecule has 0 fully saturated rings. The maximum absolute atomic E-state index is 13.4. The first-order valence-electron chi connectivity index (χ1n) is 11.1. The molecule has 8 heteroatoms. The maximum Gasteiger partial charge on any atom is 0.339 e. The minimum Gasteiger partial charge on any atom is -0.456 e. The highest BCUT2D eigenvalue weighted by atomic mass is 35.5. The molecule has 35 heavy (non-hydrogen) atoms. The Morgan fingerprint density at radius 2 is 1.80 bits per heavy atom. The van der Waals surface area contributed by atoms with E-state index in [-0.39, 0.29) is 6.61 Å². The summed E-state index contributed by atoms with van der Waals surface area (Å²) in [6, 6.07) is 16.3. The summed E-state index contributed by atoms with van der Waals surface area (Å²) in [5, 5.41) is 1.38. The molecule has 0 bridgehead atoms. The van der Waals surface area contributed by atoms with Gasteiger partial charge >= 0.3 is 11.7 Å². The molecule has 2 aromatic heterocycles. The standard InChI is InChI=1S/C27H22ClN3O4/c1-30-19(14-23(32)31(2)27(30)34)15-35-26(33)24-20-5-3-4-6-22(20)29-25-17(9-12-21(24)25)13-16-7-10-18(28)11-8-16/h3-8,10-11,13-14H,9,12,15H2,1-2H3/b17-13+. The van der Waals surface area contributed by atoms with Crippen molar-refractivity contribution < 1.29 is 9.53 Å². The second-order valence-electron chi connectivity index (χ2n) is 8.50. The summed E-state index contributed by atoms with van der Waals surface area (Å²) in [6.07, 6.45) is 3.46. The topological polar surface area (TPSA) is 83.2 Å². The van der Waals surface area contributed by atoms with E-state index < -0.39 is 17.2 Å². The number of pyridine rings is 1. The highest BCUT2D eigenvalue weighted by Gasteiger charge is 2.27. The lowest BCUT2D eigenvalue weighted by Crippen LogP contribution is -2.38. The lowest BCUT2D eigenvalue weighted by Gasteiger charge is -2.14. The van der Waals surface area contributed by atoms with Gasteiger partial charge in [-0.25, -0.2) is 14.6 Å². The minimum absolute atomic E-state index is 0.195. The molecule has 1 aliphatic carbocycles. The van der Waals surface area contributed by atoms with Gasteiger partial charge in [0.15, 0.2) is 0 Å². The number of nitrogens with zero attached hydrogens (tertiary/aromatic N) is 3. The molecule has 0 radical (unpaired) electrons. The number of carbonyl (C=O) groups excluding carboxylic acids is 1. The van der Waals surface area contributed by atoms with E-state index in [2.05, 4.69) is 6.08 Å². The van der Waals surface area contributed by atoms with Gasteiger partial charge in [0.1, 0.15) is 6.61 Å². The van der Waals surface area contributed by atoms with Crippen LogP contribution >= 0.6 is 11.6 Å². The second-order valence-corrected chi connectivity index (χ2v) is 8.94. The second kappa shape index (κ2) is 9.00. The summed E-state index contributed by atoms with van der Waals surface area (Å²) in [5.41, 5.74) is 4.23. The monoisotopic (exact) mass is 487 g/mol. The van der Waals surface area contributed by atoms with E-state index in [9.17, 15) is 14.4 Å². The average Bonchev–Trinajstić information content (AvgIpc) is 3.25. The fraction of sp³-hybridized carbons (Fsp3) is 0.185. The van der Waals surface area contributed by atoms with Crippen molar-refractivity contribution in [1.29, 1.82) is 0 Å². The molecule has 0 saturated carbocycles. The molecule has 4 aromatic rings. The number of ether oxygens (including phenoxy) is 1. The third kappa shape index (κ3) is 4.19. The number of carbonyl (C=O) groups is 1. The predicted octanol–water partition coefficient (Wildman–Crippen LogP) is 4.13. The Hall–Kier alpha value is -3.97. The number of rotatable bonds is 4. The van der Waals surface area contributed by atoms with E-state index in [1.54, 1.807) is 0 Å². The number of halogens is 1. The Bertz CT molecular complexity index is 1630. The normalized spacial score (nSPS) is 13.9. The molecular weight excluding hydrogens is 466 g/mol. The van der Waals surface area contributed by atoms with Crippen LogP contribution in [0.5, 0.6) is 0 Å². The number of hydrogen-bond acceptors (Lipinski definition) is 5. The van der Waals surface area contributed by atoms with E-state index in [4.69, 9.17) is 21.3 Å². The fourth-order valence-electron chi connectivity index (χ4n) is 4.40. The summed E-state index contributed by atoms with van der Waals surface area (Å²) in [6.45, 7) is -0.195. The van der Waals surface area contributed by atoms with Crippen LogP contribution in [-0.2, 0) is 31.9 Å². The van der Waals surface area contributed by atoms with Crippen LogP contribution in [0, 0.1) is 0 Å². The van der Waals surface area contributed by atoms with Gasteiger partial charge in [0.2, 0.25) is 0 Å². The third-order valence-electron chi connectivity index (χ3n) is 6.33. The smallest absolute Gasteiger partial charge is 0.339 e. The van der Waals surface area contributed by atoms with Crippen LogP contribution < -0.4 is 11.2 Å². The summed E-state index contributed by atoms with van der Waals surface area (Å²) in [5.74, 6) is -0.513. The van der Waals surface area contributed by atoms with Gasteiger partial charge in [-0.2, -0.15) is 0 Å². The van der Waals surface area contributed by atoms with Gasteiger partial charge in [0.05, 0.1) is 22.5 Å². The number of allylic oxidation sites excluding steroid dienone is 1. The predicted molar refractivity (Wildman–Crippen MR) is 135 cm³/mol. The quantitative estimate of drug-likeness (QED) is 0.404. The first kappa shape index (κ1) is 22.8. The maximum atomic E-state index is 13.4. The number of aromatic nitrogens is 3. The molecule has 176 valence electrons. The van der Waals surface area contributed by atoms with E-state index in [0.29, 0.717) is 33.6 Å². The van der Waals surface area contributed by atoms with Crippen molar-refractivity contribution in [3.63, 3.8) is 0 Å². The Kier molecular flexibility index (Phi) is 5.86. The molecule has 0 atom stereocenters. The minimum atomic E-state index is -0.513. The molecule has 0 amide bonds. The largest absolute Gasteiger partial charge is 0.456 e. The zero-order chi connectivity index (χ0) is 24.7. The van der Waals surface area contributed by atoms with Crippen LogP contribution in [-0.4, -0.2) is 20.1 Å². The van der Waals surface area contributed by atoms with Crippen molar-refractivity contribution in [2.24, 2.45) is 14.1 Å². The van der Waals surface area contributed by atoms with Crippen LogP contribution in [0.3, 0.4) is 0 Å². The van der Waals surface area contributed by atoms with E-state index in [1.165, 1.54) is 24.7 Å². The molecule has 5 rings (SSSR count).